The van der Waals surface area contributed by atoms with Gasteiger partial charge in [0, 0.05) is 24.6 Å². The molecule has 2 amide bonds. The van der Waals surface area contributed by atoms with Crippen LogP contribution < -0.4 is 15.4 Å². The van der Waals surface area contributed by atoms with Gasteiger partial charge in [0.2, 0.25) is 10.0 Å². The first-order valence-electron chi connectivity index (χ1n) is 9.54. The number of rotatable bonds is 6. The first kappa shape index (κ1) is 21.2. The largest absolute Gasteiger partial charge is 0.334 e. The van der Waals surface area contributed by atoms with Crippen LogP contribution in [0.15, 0.2) is 53.7 Å². The third kappa shape index (κ3) is 5.98. The van der Waals surface area contributed by atoms with Gasteiger partial charge in [-0.25, -0.2) is 22.3 Å². The number of nitrogens with zero attached hydrogens (tertiary/aromatic N) is 1. The predicted molar refractivity (Wildman–Crippen MR) is 109 cm³/mol. The van der Waals surface area contributed by atoms with Crippen molar-refractivity contribution in [3.05, 3.63) is 54.4 Å². The highest BCUT2D eigenvalue weighted by Crippen LogP contribution is 2.27. The van der Waals surface area contributed by atoms with E-state index in [1.807, 2.05) is 13.0 Å². The van der Waals surface area contributed by atoms with Gasteiger partial charge in [0.05, 0.1) is 10.9 Å². The minimum Gasteiger partial charge on any atom is -0.334 e. The second-order valence-corrected chi connectivity index (χ2v) is 9.07. The highest BCUT2D eigenvalue weighted by Gasteiger charge is 2.32. The van der Waals surface area contributed by atoms with Gasteiger partial charge in [-0.3, -0.25) is 4.98 Å². The summed E-state index contributed by atoms with van der Waals surface area (Å²) < 4.78 is 41.7. The van der Waals surface area contributed by atoms with Gasteiger partial charge < -0.3 is 10.6 Å². The van der Waals surface area contributed by atoms with Crippen molar-refractivity contribution in [1.29, 1.82) is 0 Å². The van der Waals surface area contributed by atoms with Gasteiger partial charge in [-0.1, -0.05) is 13.0 Å². The first-order chi connectivity index (χ1) is 13.8. The summed E-state index contributed by atoms with van der Waals surface area (Å²) in [4.78, 5) is 16.0. The number of carbonyl (C=O) groups excluding carboxylic acids is 1. The number of halogens is 1. The fourth-order valence-electron chi connectivity index (χ4n) is 3.29. The quantitative estimate of drug-likeness (QED) is 0.668. The normalized spacial score (nSPS) is 22.1. The van der Waals surface area contributed by atoms with Crippen molar-refractivity contribution in [3.8, 4) is 0 Å². The Morgan fingerprint density at radius 2 is 1.97 bits per heavy atom. The van der Waals surface area contributed by atoms with Crippen LogP contribution in [0.2, 0.25) is 0 Å². The van der Waals surface area contributed by atoms with Gasteiger partial charge in [-0.05, 0) is 61.1 Å². The van der Waals surface area contributed by atoms with E-state index in [1.54, 1.807) is 18.5 Å². The van der Waals surface area contributed by atoms with E-state index in [9.17, 15) is 17.6 Å². The molecule has 9 heteroatoms. The molecular weight excluding hydrogens is 395 g/mol. The second kappa shape index (κ2) is 9.32. The number of sulfonamides is 1. The molecule has 0 bridgehead atoms. The van der Waals surface area contributed by atoms with Crippen molar-refractivity contribution in [2.24, 2.45) is 5.92 Å². The van der Waals surface area contributed by atoms with Gasteiger partial charge in [0.25, 0.3) is 0 Å². The van der Waals surface area contributed by atoms with Crippen molar-refractivity contribution < 1.29 is 17.6 Å². The maximum atomic E-state index is 14.2. The smallest absolute Gasteiger partial charge is 0.319 e. The van der Waals surface area contributed by atoms with E-state index < -0.39 is 28.3 Å². The van der Waals surface area contributed by atoms with Gasteiger partial charge in [0.1, 0.15) is 6.17 Å². The Labute approximate surface area is 170 Å². The van der Waals surface area contributed by atoms with Crippen LogP contribution in [0.4, 0.5) is 14.9 Å². The average molecular weight is 421 g/mol. The summed E-state index contributed by atoms with van der Waals surface area (Å²) >= 11 is 0. The van der Waals surface area contributed by atoms with Crippen LogP contribution in [0.1, 0.15) is 31.7 Å². The predicted octanol–water partition coefficient (Wildman–Crippen LogP) is 3.21. The number of hydrogen-bond donors (Lipinski definition) is 3. The molecule has 29 heavy (non-hydrogen) atoms. The van der Waals surface area contributed by atoms with Crippen molar-refractivity contribution >= 4 is 21.7 Å². The molecule has 0 radical (unpaired) electrons. The van der Waals surface area contributed by atoms with Crippen molar-refractivity contribution in [3.63, 3.8) is 0 Å². The van der Waals surface area contributed by atoms with Crippen LogP contribution in [0, 0.1) is 5.92 Å². The maximum absolute atomic E-state index is 14.2. The number of urea groups is 1. The average Bonchev–Trinajstić information content (AvgIpc) is 2.70. The van der Waals surface area contributed by atoms with Gasteiger partial charge >= 0.3 is 6.03 Å². The lowest BCUT2D eigenvalue weighted by atomic mass is 9.86. The summed E-state index contributed by atoms with van der Waals surface area (Å²) in [5, 5.41) is 5.33. The Hall–Kier alpha value is -2.52. The molecule has 1 aromatic carbocycles. The lowest BCUT2D eigenvalue weighted by molar-refractivity contribution is 0.170. The van der Waals surface area contributed by atoms with Crippen LogP contribution in [0.5, 0.6) is 0 Å². The highest BCUT2D eigenvalue weighted by molar-refractivity contribution is 7.89. The number of anilines is 1. The summed E-state index contributed by atoms with van der Waals surface area (Å²) in [5.41, 5.74) is 1.31. The fourth-order valence-corrected chi connectivity index (χ4v) is 4.58. The molecule has 0 aliphatic heterocycles. The third-order valence-electron chi connectivity index (χ3n) is 4.94. The van der Waals surface area contributed by atoms with Crippen LogP contribution in [-0.4, -0.2) is 31.6 Å². The number of hydrogen-bond acceptors (Lipinski definition) is 4. The van der Waals surface area contributed by atoms with E-state index in [0.717, 1.165) is 12.0 Å². The third-order valence-corrected chi connectivity index (χ3v) is 6.45. The van der Waals surface area contributed by atoms with Crippen LogP contribution in [-0.2, 0) is 16.6 Å². The Morgan fingerprint density at radius 3 is 2.62 bits per heavy atom. The molecule has 3 N–H and O–H groups in total. The molecule has 1 aromatic heterocycles. The molecule has 1 heterocycles. The zero-order chi connectivity index (χ0) is 20.9. The van der Waals surface area contributed by atoms with Gasteiger partial charge in [-0.15, -0.1) is 0 Å². The zero-order valence-corrected chi connectivity index (χ0v) is 17.0. The highest BCUT2D eigenvalue weighted by atomic mass is 32.2. The van der Waals surface area contributed by atoms with Crippen molar-refractivity contribution in [2.45, 2.75) is 49.8 Å². The standard InChI is InChI=1S/C20H25FN4O3S/c1-14-4-9-19(18(21)11-14)25-29(27,28)17-7-5-16(6-8-17)24-20(26)23-13-15-3-2-10-22-12-15/h2-3,5-8,10,12,14,18-19,25H,4,9,11,13H2,1H3,(H2,23,24,26). The first-order valence-corrected chi connectivity index (χ1v) is 11.0. The minimum absolute atomic E-state index is 0.0321. The zero-order valence-electron chi connectivity index (χ0n) is 16.1. The van der Waals surface area contributed by atoms with Crippen LogP contribution in [0.3, 0.4) is 0 Å². The maximum Gasteiger partial charge on any atom is 0.319 e. The summed E-state index contributed by atoms with van der Waals surface area (Å²) in [7, 11) is -3.83. The molecule has 1 aliphatic carbocycles. The van der Waals surface area contributed by atoms with E-state index in [1.165, 1.54) is 24.3 Å². The van der Waals surface area contributed by atoms with Gasteiger partial charge in [-0.2, -0.15) is 0 Å². The number of pyridine rings is 1. The molecule has 2 aromatic rings. The molecule has 1 aliphatic rings. The Morgan fingerprint density at radius 1 is 1.21 bits per heavy atom. The topological polar surface area (TPSA) is 100 Å². The molecule has 3 rings (SSSR count). The number of alkyl halides is 1. The minimum atomic E-state index is -3.83. The van der Waals surface area contributed by atoms with Crippen LogP contribution in [0.25, 0.3) is 0 Å². The summed E-state index contributed by atoms with van der Waals surface area (Å²) in [5.74, 6) is 0.264. The molecule has 1 fully saturated rings. The lowest BCUT2D eigenvalue weighted by Gasteiger charge is -2.30. The number of carbonyl (C=O) groups is 1. The molecule has 3 unspecified atom stereocenters. The lowest BCUT2D eigenvalue weighted by Crippen LogP contribution is -2.44. The Balaban J connectivity index is 1.55. The van der Waals surface area contributed by atoms with E-state index >= 15 is 0 Å². The number of amides is 2. The molecule has 156 valence electrons. The Kier molecular flexibility index (Phi) is 6.81. The monoisotopic (exact) mass is 420 g/mol. The number of aromatic nitrogens is 1. The van der Waals surface area contributed by atoms with Crippen molar-refractivity contribution in [2.75, 3.05) is 5.32 Å². The van der Waals surface area contributed by atoms with Crippen molar-refractivity contribution in [1.82, 2.24) is 15.0 Å². The van der Waals surface area contributed by atoms with E-state index in [0.29, 0.717) is 25.1 Å². The van der Waals surface area contributed by atoms with E-state index in [2.05, 4.69) is 20.3 Å². The molecule has 0 spiro atoms. The Bertz CT molecular complexity index is 923. The summed E-state index contributed by atoms with van der Waals surface area (Å²) in [6.45, 7) is 2.29. The molecule has 7 nitrogen and oxygen atoms in total. The molecule has 0 saturated heterocycles. The number of benzene rings is 1. The number of nitrogens with one attached hydrogen (secondary N) is 3. The molecule has 1 saturated carbocycles. The van der Waals surface area contributed by atoms with Gasteiger partial charge in [0.15, 0.2) is 0 Å². The van der Waals surface area contributed by atoms with Crippen LogP contribution >= 0.6 is 0 Å². The molecule has 3 atom stereocenters. The second-order valence-electron chi connectivity index (χ2n) is 7.36. The SMILES string of the molecule is CC1CCC(NS(=O)(=O)c2ccc(NC(=O)NCc3cccnc3)cc2)C(F)C1. The van der Waals surface area contributed by atoms with E-state index in [4.69, 9.17) is 0 Å². The van der Waals surface area contributed by atoms with E-state index in [-0.39, 0.29) is 10.8 Å². The fraction of sp³-hybridized carbons (Fsp3) is 0.400. The summed E-state index contributed by atoms with van der Waals surface area (Å²) in [6, 6.07) is 8.26. The summed E-state index contributed by atoms with van der Waals surface area (Å²) in [6.07, 6.45) is 3.77. The molecular formula is C20H25FN4O3S.